The lowest BCUT2D eigenvalue weighted by atomic mass is 10.2. The summed E-state index contributed by atoms with van der Waals surface area (Å²) in [5, 5.41) is 7.51. The molecule has 2 heterocycles. The van der Waals surface area contributed by atoms with Crippen molar-refractivity contribution in [3.8, 4) is 29.5 Å². The average molecular weight is 326 g/mol. The summed E-state index contributed by atoms with van der Waals surface area (Å²) in [4.78, 5) is 12.1. The molecule has 0 aliphatic rings. The van der Waals surface area contributed by atoms with E-state index in [0.717, 1.165) is 5.69 Å². The highest BCUT2D eigenvalue weighted by atomic mass is 35.5. The Balaban J connectivity index is 2.08. The Morgan fingerprint density at radius 3 is 2.91 bits per heavy atom. The number of furan rings is 1. The Bertz CT molecular complexity index is 876. The van der Waals surface area contributed by atoms with Crippen molar-refractivity contribution in [2.75, 3.05) is 6.54 Å². The van der Waals surface area contributed by atoms with Crippen molar-refractivity contribution < 1.29 is 9.21 Å². The minimum absolute atomic E-state index is 0.138. The van der Waals surface area contributed by atoms with Gasteiger partial charge in [0.15, 0.2) is 11.5 Å². The summed E-state index contributed by atoms with van der Waals surface area (Å²) in [6, 6.07) is 12.4. The van der Waals surface area contributed by atoms with E-state index >= 15 is 0 Å². The van der Waals surface area contributed by atoms with Gasteiger partial charge >= 0.3 is 0 Å². The van der Waals surface area contributed by atoms with Gasteiger partial charge in [-0.1, -0.05) is 23.6 Å². The first-order valence-electron chi connectivity index (χ1n) is 6.80. The third-order valence-corrected chi connectivity index (χ3v) is 3.35. The summed E-state index contributed by atoms with van der Waals surface area (Å²) in [7, 11) is 0. The largest absolute Gasteiger partial charge is 0.463 e. The van der Waals surface area contributed by atoms with Gasteiger partial charge in [0.2, 0.25) is 0 Å². The van der Waals surface area contributed by atoms with E-state index in [1.165, 1.54) is 0 Å². The van der Waals surface area contributed by atoms with Gasteiger partial charge < -0.3 is 9.73 Å². The fourth-order valence-corrected chi connectivity index (χ4v) is 2.30. The molecule has 0 aliphatic heterocycles. The third kappa shape index (κ3) is 3.12. The SMILES string of the molecule is C#CCNC(=O)c1cc(-c2ccco2)n(-c2cccc(Cl)c2)n1. The predicted molar refractivity (Wildman–Crippen MR) is 87.4 cm³/mol. The number of terminal acetylenes is 1. The monoisotopic (exact) mass is 325 g/mol. The fraction of sp³-hybridized carbons (Fsp3) is 0.0588. The van der Waals surface area contributed by atoms with Gasteiger partial charge in [0.25, 0.3) is 5.91 Å². The summed E-state index contributed by atoms with van der Waals surface area (Å²) >= 11 is 6.04. The molecular formula is C17H12ClN3O2. The fourth-order valence-electron chi connectivity index (χ4n) is 2.12. The normalized spacial score (nSPS) is 10.3. The molecule has 3 rings (SSSR count). The van der Waals surface area contributed by atoms with Gasteiger partial charge in [-0.25, -0.2) is 4.68 Å². The summed E-state index contributed by atoms with van der Waals surface area (Å²) in [6.07, 6.45) is 6.71. The number of halogens is 1. The van der Waals surface area contributed by atoms with Crippen LogP contribution in [-0.4, -0.2) is 22.2 Å². The lowest BCUT2D eigenvalue weighted by Gasteiger charge is -2.05. The van der Waals surface area contributed by atoms with Crippen molar-refractivity contribution in [1.29, 1.82) is 0 Å². The number of benzene rings is 1. The number of amides is 1. The molecule has 0 aliphatic carbocycles. The first-order valence-corrected chi connectivity index (χ1v) is 7.18. The van der Waals surface area contributed by atoms with Crippen molar-refractivity contribution >= 4 is 17.5 Å². The maximum absolute atomic E-state index is 12.1. The van der Waals surface area contributed by atoms with Crippen molar-refractivity contribution in [3.05, 3.63) is 59.4 Å². The number of carbonyl (C=O) groups is 1. The van der Waals surface area contributed by atoms with Gasteiger partial charge in [-0.05, 0) is 30.3 Å². The summed E-state index contributed by atoms with van der Waals surface area (Å²) in [5.41, 5.74) is 1.61. The van der Waals surface area contributed by atoms with Crippen LogP contribution in [0.15, 0.2) is 53.1 Å². The molecule has 2 aromatic heterocycles. The van der Waals surface area contributed by atoms with E-state index in [2.05, 4.69) is 16.3 Å². The topological polar surface area (TPSA) is 60.1 Å². The molecular weight excluding hydrogens is 314 g/mol. The summed E-state index contributed by atoms with van der Waals surface area (Å²) in [6.45, 7) is 0.138. The number of rotatable bonds is 4. The highest BCUT2D eigenvalue weighted by Gasteiger charge is 2.18. The van der Waals surface area contributed by atoms with Crippen LogP contribution in [0.2, 0.25) is 5.02 Å². The van der Waals surface area contributed by atoms with Crippen molar-refractivity contribution in [2.45, 2.75) is 0 Å². The number of nitrogens with one attached hydrogen (secondary N) is 1. The van der Waals surface area contributed by atoms with E-state index in [1.54, 1.807) is 41.3 Å². The Morgan fingerprint density at radius 1 is 1.35 bits per heavy atom. The van der Waals surface area contributed by atoms with Crippen LogP contribution in [0.25, 0.3) is 17.1 Å². The molecule has 0 spiro atoms. The van der Waals surface area contributed by atoms with Crippen molar-refractivity contribution in [2.24, 2.45) is 0 Å². The number of nitrogens with zero attached hydrogens (tertiary/aromatic N) is 2. The minimum Gasteiger partial charge on any atom is -0.463 e. The maximum Gasteiger partial charge on any atom is 0.272 e. The highest BCUT2D eigenvalue weighted by Crippen LogP contribution is 2.25. The van der Waals surface area contributed by atoms with Gasteiger partial charge in [0.05, 0.1) is 18.5 Å². The van der Waals surface area contributed by atoms with Gasteiger partial charge in [0, 0.05) is 11.1 Å². The molecule has 0 radical (unpaired) electrons. The Morgan fingerprint density at radius 2 is 2.22 bits per heavy atom. The van der Waals surface area contributed by atoms with Crippen LogP contribution in [0.3, 0.4) is 0 Å². The lowest BCUT2D eigenvalue weighted by Crippen LogP contribution is -2.24. The molecule has 0 saturated carbocycles. The minimum atomic E-state index is -0.350. The molecule has 0 unspecified atom stereocenters. The van der Waals surface area contributed by atoms with E-state index in [0.29, 0.717) is 16.5 Å². The average Bonchev–Trinajstić information content (AvgIpc) is 3.21. The Labute approximate surface area is 137 Å². The maximum atomic E-state index is 12.1. The molecule has 6 heteroatoms. The van der Waals surface area contributed by atoms with Gasteiger partial charge in [-0.3, -0.25) is 4.79 Å². The standard InChI is InChI=1S/C17H12ClN3O2/c1-2-8-19-17(22)14-11-15(16-7-4-9-23-16)21(20-14)13-6-3-5-12(18)10-13/h1,3-7,9-11H,8H2,(H,19,22). The van der Waals surface area contributed by atoms with Gasteiger partial charge in [-0.2, -0.15) is 5.10 Å². The molecule has 3 aromatic rings. The number of hydrogen-bond acceptors (Lipinski definition) is 3. The van der Waals surface area contributed by atoms with Crippen LogP contribution < -0.4 is 5.32 Å². The molecule has 1 N–H and O–H groups in total. The molecule has 1 aromatic carbocycles. The Hall–Kier alpha value is -2.97. The second kappa shape index (κ2) is 6.42. The van der Waals surface area contributed by atoms with E-state index in [9.17, 15) is 4.79 Å². The zero-order valence-electron chi connectivity index (χ0n) is 12.0. The number of carbonyl (C=O) groups excluding carboxylic acids is 1. The molecule has 0 bridgehead atoms. The van der Waals surface area contributed by atoms with E-state index in [4.69, 9.17) is 22.4 Å². The molecule has 0 atom stereocenters. The zero-order valence-corrected chi connectivity index (χ0v) is 12.7. The van der Waals surface area contributed by atoms with Crippen LogP contribution in [-0.2, 0) is 0 Å². The van der Waals surface area contributed by atoms with E-state index in [-0.39, 0.29) is 18.1 Å². The quantitative estimate of drug-likeness (QED) is 0.750. The highest BCUT2D eigenvalue weighted by molar-refractivity contribution is 6.30. The van der Waals surface area contributed by atoms with Crippen LogP contribution in [0.1, 0.15) is 10.5 Å². The number of hydrogen-bond donors (Lipinski definition) is 1. The Kier molecular flexibility index (Phi) is 4.18. The summed E-state index contributed by atoms with van der Waals surface area (Å²) < 4.78 is 7.03. The molecule has 5 nitrogen and oxygen atoms in total. The first kappa shape index (κ1) is 14.9. The van der Waals surface area contributed by atoms with Crippen LogP contribution in [0.4, 0.5) is 0 Å². The second-order valence-corrected chi connectivity index (χ2v) is 5.11. The lowest BCUT2D eigenvalue weighted by molar-refractivity contribution is 0.0953. The number of aromatic nitrogens is 2. The van der Waals surface area contributed by atoms with E-state index < -0.39 is 0 Å². The molecule has 0 saturated heterocycles. The molecule has 23 heavy (non-hydrogen) atoms. The van der Waals surface area contributed by atoms with Crippen LogP contribution in [0.5, 0.6) is 0 Å². The van der Waals surface area contributed by atoms with Gasteiger partial charge in [-0.15, -0.1) is 6.42 Å². The van der Waals surface area contributed by atoms with Crippen LogP contribution in [0, 0.1) is 12.3 Å². The smallest absolute Gasteiger partial charge is 0.272 e. The van der Waals surface area contributed by atoms with Gasteiger partial charge in [0.1, 0.15) is 5.69 Å². The zero-order chi connectivity index (χ0) is 16.2. The van der Waals surface area contributed by atoms with Crippen LogP contribution >= 0.6 is 11.6 Å². The summed E-state index contributed by atoms with van der Waals surface area (Å²) in [5.74, 6) is 2.59. The van der Waals surface area contributed by atoms with Crippen molar-refractivity contribution in [1.82, 2.24) is 15.1 Å². The predicted octanol–water partition coefficient (Wildman–Crippen LogP) is 3.15. The molecule has 0 fully saturated rings. The third-order valence-electron chi connectivity index (χ3n) is 3.12. The first-order chi connectivity index (χ1) is 11.2. The van der Waals surface area contributed by atoms with E-state index in [1.807, 2.05) is 12.1 Å². The second-order valence-electron chi connectivity index (χ2n) is 4.67. The molecule has 1 amide bonds. The van der Waals surface area contributed by atoms with Crippen molar-refractivity contribution in [3.63, 3.8) is 0 Å². The molecule has 114 valence electrons.